The van der Waals surface area contributed by atoms with Gasteiger partial charge in [-0.15, -0.1) is 11.3 Å². The minimum absolute atomic E-state index is 0.0705. The molecule has 0 fully saturated rings. The Morgan fingerprint density at radius 1 is 1.52 bits per heavy atom. The maximum atomic E-state index is 11.4. The molecule has 0 unspecified atom stereocenters. The van der Waals surface area contributed by atoms with Gasteiger partial charge >= 0.3 is 5.97 Å². The Labute approximate surface area is 137 Å². The second-order valence-electron chi connectivity index (χ2n) is 4.43. The monoisotopic (exact) mass is 335 g/mol. The maximum absolute atomic E-state index is 11.4. The van der Waals surface area contributed by atoms with Crippen LogP contribution in [0.15, 0.2) is 28.7 Å². The van der Waals surface area contributed by atoms with Gasteiger partial charge in [-0.2, -0.15) is 5.10 Å². The van der Waals surface area contributed by atoms with E-state index in [0.29, 0.717) is 23.2 Å². The molecular weight excluding hydrogens is 318 g/mol. The zero-order chi connectivity index (χ0) is 16.7. The van der Waals surface area contributed by atoms with Crippen LogP contribution < -0.4 is 10.2 Å². The molecule has 0 amide bonds. The van der Waals surface area contributed by atoms with E-state index >= 15 is 0 Å². The fourth-order valence-electron chi connectivity index (χ4n) is 1.74. The van der Waals surface area contributed by atoms with Crippen LogP contribution in [0.5, 0.6) is 11.5 Å². The highest BCUT2D eigenvalue weighted by atomic mass is 32.1. The van der Waals surface area contributed by atoms with Crippen molar-refractivity contribution in [3.05, 3.63) is 34.8 Å². The quantitative estimate of drug-likeness (QED) is 0.458. The van der Waals surface area contributed by atoms with Gasteiger partial charge in [-0.05, 0) is 30.7 Å². The van der Waals surface area contributed by atoms with E-state index < -0.39 is 0 Å². The molecule has 0 spiro atoms. The molecular formula is C15H17N3O4S. The molecule has 1 aromatic heterocycles. The molecule has 0 bridgehead atoms. The second-order valence-corrected chi connectivity index (χ2v) is 5.29. The third-order valence-electron chi connectivity index (χ3n) is 2.76. The van der Waals surface area contributed by atoms with E-state index in [2.05, 4.69) is 15.5 Å². The van der Waals surface area contributed by atoms with Crippen molar-refractivity contribution >= 4 is 28.7 Å². The summed E-state index contributed by atoms with van der Waals surface area (Å²) in [5, 5.41) is 15.9. The van der Waals surface area contributed by atoms with Gasteiger partial charge < -0.3 is 14.6 Å². The van der Waals surface area contributed by atoms with E-state index in [9.17, 15) is 9.90 Å². The number of nitrogens with zero attached hydrogens (tertiary/aromatic N) is 2. The summed E-state index contributed by atoms with van der Waals surface area (Å²) in [6.07, 6.45) is 1.72. The van der Waals surface area contributed by atoms with Gasteiger partial charge in [0.25, 0.3) is 0 Å². The Kier molecular flexibility index (Phi) is 5.93. The third-order valence-corrected chi connectivity index (χ3v) is 3.56. The van der Waals surface area contributed by atoms with Crippen molar-refractivity contribution in [3.63, 3.8) is 0 Å². The van der Waals surface area contributed by atoms with Crippen LogP contribution in [0.3, 0.4) is 0 Å². The summed E-state index contributed by atoms with van der Waals surface area (Å²) >= 11 is 1.35. The van der Waals surface area contributed by atoms with E-state index in [4.69, 9.17) is 9.47 Å². The number of hydrogen-bond acceptors (Lipinski definition) is 8. The number of phenols is 1. The molecule has 0 aliphatic heterocycles. The Bertz CT molecular complexity index is 700. The lowest BCUT2D eigenvalue weighted by atomic mass is 10.2. The molecule has 122 valence electrons. The number of methoxy groups -OCH3 is 1. The van der Waals surface area contributed by atoms with Crippen molar-refractivity contribution in [1.82, 2.24) is 4.98 Å². The molecule has 0 saturated carbocycles. The molecule has 0 aliphatic rings. The lowest BCUT2D eigenvalue weighted by Crippen LogP contribution is -2.07. The number of carbonyl (C=O) groups excluding carboxylic acids is 1. The predicted octanol–water partition coefficient (Wildman–Crippen LogP) is 2.41. The molecule has 2 N–H and O–H groups in total. The number of esters is 1. The van der Waals surface area contributed by atoms with Crippen LogP contribution in [-0.2, 0) is 16.0 Å². The fraction of sp³-hybridized carbons (Fsp3) is 0.267. The average molecular weight is 335 g/mol. The number of rotatable bonds is 7. The Hall–Kier alpha value is -2.61. The van der Waals surface area contributed by atoms with E-state index in [1.54, 1.807) is 30.7 Å². The van der Waals surface area contributed by atoms with Gasteiger partial charge in [0.1, 0.15) is 0 Å². The molecule has 0 saturated heterocycles. The Morgan fingerprint density at radius 3 is 3.09 bits per heavy atom. The first-order chi connectivity index (χ1) is 11.1. The Morgan fingerprint density at radius 2 is 2.35 bits per heavy atom. The molecule has 1 heterocycles. The molecule has 0 aliphatic carbocycles. The number of hydrazone groups is 1. The number of benzene rings is 1. The standard InChI is InChI=1S/C15H17N3O4S/c1-3-22-14(20)7-11-9-23-15(17-11)18-16-8-10-4-5-12(19)13(6-10)21-2/h4-6,8-9,19H,3,7H2,1-2H3,(H,17,18)/b16-8-. The lowest BCUT2D eigenvalue weighted by molar-refractivity contribution is -0.142. The number of nitrogens with one attached hydrogen (secondary N) is 1. The van der Waals surface area contributed by atoms with E-state index in [1.807, 2.05) is 0 Å². The summed E-state index contributed by atoms with van der Waals surface area (Å²) in [6.45, 7) is 2.12. The normalized spacial score (nSPS) is 10.7. The van der Waals surface area contributed by atoms with E-state index in [-0.39, 0.29) is 18.1 Å². The van der Waals surface area contributed by atoms with Crippen molar-refractivity contribution in [3.8, 4) is 11.5 Å². The smallest absolute Gasteiger partial charge is 0.311 e. The highest BCUT2D eigenvalue weighted by Crippen LogP contribution is 2.25. The first-order valence-electron chi connectivity index (χ1n) is 6.88. The van der Waals surface area contributed by atoms with E-state index in [1.165, 1.54) is 24.5 Å². The van der Waals surface area contributed by atoms with Gasteiger partial charge in [0, 0.05) is 5.38 Å². The number of carbonyl (C=O) groups is 1. The van der Waals surface area contributed by atoms with Crippen LogP contribution >= 0.6 is 11.3 Å². The van der Waals surface area contributed by atoms with Crippen LogP contribution in [0.1, 0.15) is 18.2 Å². The van der Waals surface area contributed by atoms with Gasteiger partial charge in [0.15, 0.2) is 11.5 Å². The largest absolute Gasteiger partial charge is 0.504 e. The van der Waals surface area contributed by atoms with Gasteiger partial charge in [-0.3, -0.25) is 10.2 Å². The topological polar surface area (TPSA) is 93.0 Å². The van der Waals surface area contributed by atoms with Crippen molar-refractivity contribution in [1.29, 1.82) is 0 Å². The number of thiazole rings is 1. The summed E-state index contributed by atoms with van der Waals surface area (Å²) in [6, 6.07) is 4.90. The maximum Gasteiger partial charge on any atom is 0.311 e. The van der Waals surface area contributed by atoms with Crippen LogP contribution in [0.25, 0.3) is 0 Å². The van der Waals surface area contributed by atoms with Crippen molar-refractivity contribution in [2.75, 3.05) is 19.1 Å². The van der Waals surface area contributed by atoms with Gasteiger partial charge in [-0.1, -0.05) is 0 Å². The van der Waals surface area contributed by atoms with Gasteiger partial charge in [0.05, 0.1) is 32.0 Å². The number of ether oxygens (including phenoxy) is 2. The molecule has 1 aromatic carbocycles. The minimum Gasteiger partial charge on any atom is -0.504 e. The summed E-state index contributed by atoms with van der Waals surface area (Å²) in [7, 11) is 1.48. The van der Waals surface area contributed by atoms with Crippen LogP contribution in [0.4, 0.5) is 5.13 Å². The van der Waals surface area contributed by atoms with Crippen molar-refractivity contribution < 1.29 is 19.4 Å². The Balaban J connectivity index is 1.93. The number of aromatic nitrogens is 1. The highest BCUT2D eigenvalue weighted by Gasteiger charge is 2.08. The van der Waals surface area contributed by atoms with Crippen LogP contribution in [0.2, 0.25) is 0 Å². The summed E-state index contributed by atoms with van der Waals surface area (Å²) in [4.78, 5) is 15.6. The molecule has 7 nitrogen and oxygen atoms in total. The highest BCUT2D eigenvalue weighted by molar-refractivity contribution is 7.13. The summed E-state index contributed by atoms with van der Waals surface area (Å²) in [5.74, 6) is 0.144. The number of phenolic OH excluding ortho intramolecular Hbond substituents is 1. The predicted molar refractivity (Wildman–Crippen MR) is 88.3 cm³/mol. The second kappa shape index (κ2) is 8.14. The SMILES string of the molecule is CCOC(=O)Cc1csc(N/N=C\c2ccc(O)c(OC)c2)n1. The van der Waals surface area contributed by atoms with E-state index in [0.717, 1.165) is 5.56 Å². The molecule has 2 aromatic rings. The molecule has 8 heteroatoms. The zero-order valence-corrected chi connectivity index (χ0v) is 13.6. The number of anilines is 1. The molecule has 23 heavy (non-hydrogen) atoms. The molecule has 0 radical (unpaired) electrons. The first-order valence-corrected chi connectivity index (χ1v) is 7.76. The van der Waals surface area contributed by atoms with Gasteiger partial charge in [-0.25, -0.2) is 4.98 Å². The minimum atomic E-state index is -0.302. The fourth-order valence-corrected chi connectivity index (χ4v) is 2.40. The lowest BCUT2D eigenvalue weighted by Gasteiger charge is -2.03. The van der Waals surface area contributed by atoms with Crippen LogP contribution in [-0.4, -0.2) is 36.0 Å². The molecule has 2 rings (SSSR count). The number of aromatic hydroxyl groups is 1. The summed E-state index contributed by atoms with van der Waals surface area (Å²) in [5.41, 5.74) is 4.19. The summed E-state index contributed by atoms with van der Waals surface area (Å²) < 4.78 is 9.89. The average Bonchev–Trinajstić information content (AvgIpc) is 2.96. The van der Waals surface area contributed by atoms with Gasteiger partial charge in [0.2, 0.25) is 5.13 Å². The van der Waals surface area contributed by atoms with Crippen molar-refractivity contribution in [2.24, 2.45) is 5.10 Å². The number of hydrogen-bond donors (Lipinski definition) is 2. The van der Waals surface area contributed by atoms with Crippen molar-refractivity contribution in [2.45, 2.75) is 13.3 Å². The van der Waals surface area contributed by atoms with Crippen LogP contribution in [0, 0.1) is 0 Å². The molecule has 0 atom stereocenters. The first kappa shape index (κ1) is 16.8. The third kappa shape index (κ3) is 4.96. The zero-order valence-electron chi connectivity index (χ0n) is 12.8.